The topological polar surface area (TPSA) is 49.8 Å². The number of carbonyl (C=O) groups is 1. The van der Waals surface area contributed by atoms with E-state index in [1.54, 1.807) is 6.07 Å². The second-order valence-electron chi connectivity index (χ2n) is 6.22. The fourth-order valence-electron chi connectivity index (χ4n) is 3.60. The van der Waals surface area contributed by atoms with Crippen LogP contribution in [0.3, 0.4) is 0 Å². The van der Waals surface area contributed by atoms with Gasteiger partial charge in [0.25, 0.3) is 5.91 Å². The monoisotopic (exact) mass is 323 g/mol. The van der Waals surface area contributed by atoms with Crippen LogP contribution in [-0.2, 0) is 4.74 Å². The summed E-state index contributed by atoms with van der Waals surface area (Å²) in [7, 11) is 0. The van der Waals surface area contributed by atoms with Gasteiger partial charge in [-0.3, -0.25) is 4.79 Å². The number of nitrogens with zero attached hydrogens (tertiary/aromatic N) is 1. The lowest BCUT2D eigenvalue weighted by Gasteiger charge is -2.37. The molecule has 1 amide bonds. The highest BCUT2D eigenvalue weighted by molar-refractivity contribution is 6.31. The highest BCUT2D eigenvalue weighted by atomic mass is 35.5. The fraction of sp³-hybridized carbons (Fsp3) is 0.588. The van der Waals surface area contributed by atoms with Crippen molar-refractivity contribution >= 4 is 17.5 Å². The zero-order valence-corrected chi connectivity index (χ0v) is 13.6. The predicted octanol–water partition coefficient (Wildman–Crippen LogP) is 2.65. The molecule has 0 aliphatic carbocycles. The Morgan fingerprint density at radius 1 is 1.41 bits per heavy atom. The molecule has 0 spiro atoms. The Hall–Kier alpha value is -1.10. The van der Waals surface area contributed by atoms with Crippen molar-refractivity contribution < 1.29 is 14.6 Å². The molecule has 2 fully saturated rings. The lowest BCUT2D eigenvalue weighted by atomic mass is 9.89. The molecule has 1 N–H and O–H groups in total. The second-order valence-corrected chi connectivity index (χ2v) is 6.62. The Morgan fingerprint density at radius 2 is 2.23 bits per heavy atom. The highest BCUT2D eigenvalue weighted by Crippen LogP contribution is 2.32. The summed E-state index contributed by atoms with van der Waals surface area (Å²) in [5, 5.41) is 10.9. The molecule has 1 aromatic rings. The summed E-state index contributed by atoms with van der Waals surface area (Å²) in [5.41, 5.74) is 1.48. The van der Waals surface area contributed by atoms with Crippen LogP contribution in [0.25, 0.3) is 0 Å². The summed E-state index contributed by atoms with van der Waals surface area (Å²) in [4.78, 5) is 14.8. The number of hydrogen-bond acceptors (Lipinski definition) is 3. The minimum absolute atomic E-state index is 0.0136. The van der Waals surface area contributed by atoms with Gasteiger partial charge in [-0.05, 0) is 43.9 Å². The maximum Gasteiger partial charge on any atom is 0.254 e. The van der Waals surface area contributed by atoms with Crippen LogP contribution in [0.1, 0.15) is 35.2 Å². The minimum atomic E-state index is -0.382. The molecular formula is C17H22ClNO3. The van der Waals surface area contributed by atoms with E-state index in [4.69, 9.17) is 16.3 Å². The number of rotatable bonds is 2. The summed E-state index contributed by atoms with van der Waals surface area (Å²) < 4.78 is 5.52. The number of aliphatic hydroxyl groups is 1. The van der Waals surface area contributed by atoms with Crippen molar-refractivity contribution in [1.82, 2.24) is 4.90 Å². The number of hydrogen-bond donors (Lipinski definition) is 1. The van der Waals surface area contributed by atoms with Crippen LogP contribution in [0.4, 0.5) is 0 Å². The van der Waals surface area contributed by atoms with E-state index in [-0.39, 0.29) is 24.0 Å². The zero-order chi connectivity index (χ0) is 15.7. The van der Waals surface area contributed by atoms with Crippen molar-refractivity contribution in [3.63, 3.8) is 0 Å². The Morgan fingerprint density at radius 3 is 3.00 bits per heavy atom. The first-order valence-electron chi connectivity index (χ1n) is 7.91. The largest absolute Gasteiger partial charge is 0.393 e. The summed E-state index contributed by atoms with van der Waals surface area (Å²) in [6.45, 7) is 3.74. The minimum Gasteiger partial charge on any atom is -0.393 e. The van der Waals surface area contributed by atoms with E-state index in [9.17, 15) is 9.90 Å². The van der Waals surface area contributed by atoms with Crippen molar-refractivity contribution in [1.29, 1.82) is 0 Å². The van der Waals surface area contributed by atoms with Crippen molar-refractivity contribution in [3.8, 4) is 0 Å². The van der Waals surface area contributed by atoms with E-state index in [2.05, 4.69) is 0 Å². The van der Waals surface area contributed by atoms with Crippen LogP contribution in [-0.4, -0.2) is 47.8 Å². The third-order valence-electron chi connectivity index (χ3n) is 4.91. The first-order chi connectivity index (χ1) is 10.6. The van der Waals surface area contributed by atoms with Gasteiger partial charge in [-0.15, -0.1) is 0 Å². The van der Waals surface area contributed by atoms with Crippen molar-refractivity contribution in [2.24, 2.45) is 5.92 Å². The summed E-state index contributed by atoms with van der Waals surface area (Å²) >= 11 is 6.14. The molecule has 2 heterocycles. The molecule has 3 atom stereocenters. The Labute approximate surface area is 136 Å². The number of benzene rings is 1. The molecule has 0 bridgehead atoms. The fourth-order valence-corrected chi connectivity index (χ4v) is 3.77. The van der Waals surface area contributed by atoms with Crippen LogP contribution in [0, 0.1) is 12.8 Å². The molecular weight excluding hydrogens is 302 g/mol. The standard InChI is InChI=1S/C17H22ClNO3/c1-11-12(4-2-5-14(11)18)17(21)19-8-3-6-15(19)13-10-22-9-7-16(13)20/h2,4-5,13,15-16,20H,3,6-10H2,1H3/t13-,15+,16+/m0/s1. The molecule has 5 heteroatoms. The lowest BCUT2D eigenvalue weighted by Crippen LogP contribution is -2.48. The van der Waals surface area contributed by atoms with Crippen molar-refractivity contribution in [3.05, 3.63) is 34.3 Å². The van der Waals surface area contributed by atoms with Crippen LogP contribution in [0.2, 0.25) is 5.02 Å². The molecule has 4 nitrogen and oxygen atoms in total. The van der Waals surface area contributed by atoms with Gasteiger partial charge in [-0.25, -0.2) is 0 Å². The van der Waals surface area contributed by atoms with Crippen LogP contribution < -0.4 is 0 Å². The van der Waals surface area contributed by atoms with E-state index in [1.807, 2.05) is 24.0 Å². The second kappa shape index (κ2) is 6.57. The SMILES string of the molecule is Cc1c(Cl)cccc1C(=O)N1CCC[C@@H]1[C@@H]1COCC[C@H]1O. The van der Waals surface area contributed by atoms with Gasteiger partial charge in [0.05, 0.1) is 12.7 Å². The molecule has 2 aliphatic heterocycles. The molecule has 0 saturated carbocycles. The van der Waals surface area contributed by atoms with Gasteiger partial charge >= 0.3 is 0 Å². The van der Waals surface area contributed by atoms with Crippen molar-refractivity contribution in [2.45, 2.75) is 38.3 Å². The van der Waals surface area contributed by atoms with Gasteiger partial charge in [-0.2, -0.15) is 0 Å². The molecule has 22 heavy (non-hydrogen) atoms. The maximum absolute atomic E-state index is 12.9. The molecule has 3 rings (SSSR count). The summed E-state index contributed by atoms with van der Waals surface area (Å²) in [5.74, 6) is 0.0277. The van der Waals surface area contributed by atoms with E-state index in [0.717, 1.165) is 24.9 Å². The van der Waals surface area contributed by atoms with Gasteiger partial charge in [0.15, 0.2) is 0 Å². The summed E-state index contributed by atoms with van der Waals surface area (Å²) in [6, 6.07) is 5.49. The lowest BCUT2D eigenvalue weighted by molar-refractivity contribution is -0.0589. The molecule has 1 aromatic carbocycles. The predicted molar refractivity (Wildman–Crippen MR) is 85.2 cm³/mol. The van der Waals surface area contributed by atoms with Gasteiger partial charge < -0.3 is 14.7 Å². The third kappa shape index (κ3) is 2.87. The van der Waals surface area contributed by atoms with E-state index in [0.29, 0.717) is 30.2 Å². The molecule has 120 valence electrons. The van der Waals surface area contributed by atoms with E-state index in [1.165, 1.54) is 0 Å². The zero-order valence-electron chi connectivity index (χ0n) is 12.8. The quantitative estimate of drug-likeness (QED) is 0.910. The average molecular weight is 324 g/mol. The number of aliphatic hydroxyl groups excluding tert-OH is 1. The number of amides is 1. The normalized spacial score (nSPS) is 28.9. The van der Waals surface area contributed by atoms with Gasteiger partial charge in [0.1, 0.15) is 0 Å². The molecule has 0 unspecified atom stereocenters. The number of ether oxygens (including phenoxy) is 1. The average Bonchev–Trinajstić information content (AvgIpc) is 2.99. The van der Waals surface area contributed by atoms with Gasteiger partial charge in [-0.1, -0.05) is 17.7 Å². The number of halogens is 1. The van der Waals surface area contributed by atoms with Gasteiger partial charge in [0, 0.05) is 35.7 Å². The smallest absolute Gasteiger partial charge is 0.254 e. The van der Waals surface area contributed by atoms with Crippen LogP contribution in [0.15, 0.2) is 18.2 Å². The molecule has 2 saturated heterocycles. The van der Waals surface area contributed by atoms with E-state index < -0.39 is 0 Å². The third-order valence-corrected chi connectivity index (χ3v) is 5.32. The number of likely N-dealkylation sites (tertiary alicyclic amines) is 1. The Kier molecular flexibility index (Phi) is 4.71. The van der Waals surface area contributed by atoms with Crippen LogP contribution >= 0.6 is 11.6 Å². The summed E-state index contributed by atoms with van der Waals surface area (Å²) in [6.07, 6.45) is 2.17. The molecule has 2 aliphatic rings. The molecule has 0 aromatic heterocycles. The first kappa shape index (κ1) is 15.8. The highest BCUT2D eigenvalue weighted by Gasteiger charge is 2.40. The number of carbonyl (C=O) groups excluding carboxylic acids is 1. The first-order valence-corrected chi connectivity index (χ1v) is 8.29. The van der Waals surface area contributed by atoms with E-state index >= 15 is 0 Å². The van der Waals surface area contributed by atoms with Gasteiger partial charge in [0.2, 0.25) is 0 Å². The van der Waals surface area contributed by atoms with Crippen molar-refractivity contribution in [2.75, 3.05) is 19.8 Å². The molecule has 0 radical (unpaired) electrons. The Balaban J connectivity index is 1.83. The Bertz CT molecular complexity index is 563. The maximum atomic E-state index is 12.9. The van der Waals surface area contributed by atoms with Crippen LogP contribution in [0.5, 0.6) is 0 Å².